The summed E-state index contributed by atoms with van der Waals surface area (Å²) in [5, 5.41) is 11.3. The predicted molar refractivity (Wildman–Crippen MR) is 71.7 cm³/mol. The summed E-state index contributed by atoms with van der Waals surface area (Å²) in [5.74, 6) is 1.33. The molecule has 0 saturated carbocycles. The van der Waals surface area contributed by atoms with Gasteiger partial charge in [0.25, 0.3) is 0 Å². The number of halogens is 1. The van der Waals surface area contributed by atoms with Gasteiger partial charge in [-0.05, 0) is 55.5 Å². The number of nitrogens with zero attached hydrogens (tertiary/aromatic N) is 4. The van der Waals surface area contributed by atoms with Crippen LogP contribution < -0.4 is 4.74 Å². The molecule has 0 unspecified atom stereocenters. The Kier molecular flexibility index (Phi) is 3.96. The van der Waals surface area contributed by atoms with Crippen molar-refractivity contribution in [3.8, 4) is 5.75 Å². The van der Waals surface area contributed by atoms with Crippen LogP contribution >= 0.6 is 15.9 Å². The first-order chi connectivity index (χ1) is 8.61. The van der Waals surface area contributed by atoms with Crippen molar-refractivity contribution in [1.29, 1.82) is 0 Å². The average Bonchev–Trinajstić information content (AvgIpc) is 2.75. The van der Waals surface area contributed by atoms with Crippen molar-refractivity contribution in [1.82, 2.24) is 20.2 Å². The summed E-state index contributed by atoms with van der Waals surface area (Å²) in [6.45, 7) is 4.93. The summed E-state index contributed by atoms with van der Waals surface area (Å²) in [6.07, 6.45) is 0. The van der Waals surface area contributed by atoms with E-state index in [9.17, 15) is 0 Å². The van der Waals surface area contributed by atoms with Gasteiger partial charge in [0.05, 0.1) is 13.7 Å². The molecule has 2 rings (SSSR count). The van der Waals surface area contributed by atoms with Gasteiger partial charge in [0.1, 0.15) is 5.75 Å². The van der Waals surface area contributed by atoms with Gasteiger partial charge in [0.2, 0.25) is 4.73 Å². The van der Waals surface area contributed by atoms with Crippen LogP contribution in [0.1, 0.15) is 30.9 Å². The van der Waals surface area contributed by atoms with Gasteiger partial charge in [-0.1, -0.05) is 19.9 Å². The fourth-order valence-corrected chi connectivity index (χ4v) is 2.06. The smallest absolute Gasteiger partial charge is 0.218 e. The highest BCUT2D eigenvalue weighted by molar-refractivity contribution is 9.10. The second kappa shape index (κ2) is 5.48. The molecule has 0 amide bonds. The third-order valence-electron chi connectivity index (χ3n) is 2.74. The molecule has 1 heterocycles. The maximum atomic E-state index is 5.36. The van der Waals surface area contributed by atoms with E-state index in [0.717, 1.165) is 11.3 Å². The van der Waals surface area contributed by atoms with Gasteiger partial charge >= 0.3 is 0 Å². The highest BCUT2D eigenvalue weighted by Crippen LogP contribution is 2.27. The van der Waals surface area contributed by atoms with Gasteiger partial charge in [-0.3, -0.25) is 0 Å². The molecule has 0 radical (unpaired) electrons. The zero-order chi connectivity index (χ0) is 13.1. The molecule has 2 aromatic rings. The molecular formula is C12H15BrN4O. The molecule has 1 aromatic carbocycles. The van der Waals surface area contributed by atoms with Crippen LogP contribution in [-0.4, -0.2) is 27.3 Å². The van der Waals surface area contributed by atoms with Crippen molar-refractivity contribution >= 4 is 15.9 Å². The summed E-state index contributed by atoms with van der Waals surface area (Å²) in [6, 6.07) is 6.15. The van der Waals surface area contributed by atoms with Gasteiger partial charge in [-0.25, -0.2) is 4.68 Å². The lowest BCUT2D eigenvalue weighted by molar-refractivity contribution is 0.407. The summed E-state index contributed by atoms with van der Waals surface area (Å²) < 4.78 is 7.69. The Hall–Kier alpha value is -1.43. The molecule has 0 fully saturated rings. The van der Waals surface area contributed by atoms with E-state index < -0.39 is 0 Å². The first-order valence-electron chi connectivity index (χ1n) is 5.70. The van der Waals surface area contributed by atoms with Crippen LogP contribution in [0.5, 0.6) is 5.75 Å². The zero-order valence-electron chi connectivity index (χ0n) is 10.6. The maximum Gasteiger partial charge on any atom is 0.218 e. The molecule has 0 aliphatic carbocycles. The normalized spacial score (nSPS) is 10.9. The Morgan fingerprint density at radius 2 is 2.17 bits per heavy atom. The third kappa shape index (κ3) is 2.69. The Morgan fingerprint density at radius 3 is 2.72 bits per heavy atom. The predicted octanol–water partition coefficient (Wildman–Crippen LogP) is 2.62. The van der Waals surface area contributed by atoms with Gasteiger partial charge in [-0.15, -0.1) is 5.10 Å². The van der Waals surface area contributed by atoms with Gasteiger partial charge in [0.15, 0.2) is 0 Å². The van der Waals surface area contributed by atoms with Crippen molar-refractivity contribution in [2.24, 2.45) is 0 Å². The fourth-order valence-electron chi connectivity index (χ4n) is 1.80. The summed E-state index contributed by atoms with van der Waals surface area (Å²) in [4.78, 5) is 0. The highest BCUT2D eigenvalue weighted by Gasteiger charge is 2.10. The molecule has 0 atom stereocenters. The molecule has 18 heavy (non-hydrogen) atoms. The minimum absolute atomic E-state index is 0.414. The lowest BCUT2D eigenvalue weighted by Gasteiger charge is -2.13. The van der Waals surface area contributed by atoms with Crippen LogP contribution in [-0.2, 0) is 6.54 Å². The van der Waals surface area contributed by atoms with E-state index in [0.29, 0.717) is 17.2 Å². The lowest BCUT2D eigenvalue weighted by Crippen LogP contribution is -2.04. The maximum absolute atomic E-state index is 5.36. The molecule has 0 N–H and O–H groups in total. The Labute approximate surface area is 114 Å². The van der Waals surface area contributed by atoms with Gasteiger partial charge in [0, 0.05) is 0 Å². The molecule has 0 aliphatic rings. The second-order valence-corrected chi connectivity index (χ2v) is 5.05. The van der Waals surface area contributed by atoms with Crippen LogP contribution in [0.3, 0.4) is 0 Å². The van der Waals surface area contributed by atoms with Crippen molar-refractivity contribution in [2.45, 2.75) is 26.3 Å². The molecular weight excluding hydrogens is 296 g/mol. The lowest BCUT2D eigenvalue weighted by atomic mass is 9.99. The minimum Gasteiger partial charge on any atom is -0.496 e. The van der Waals surface area contributed by atoms with Crippen molar-refractivity contribution in [2.75, 3.05) is 7.11 Å². The molecule has 0 saturated heterocycles. The Balaban J connectivity index is 2.30. The molecule has 6 heteroatoms. The standard InChI is InChI=1S/C12H15BrN4O/c1-8(2)10-6-9(4-5-11(10)18-3)7-17-12(13)14-15-16-17/h4-6,8H,7H2,1-3H3. The Bertz CT molecular complexity index is 539. The SMILES string of the molecule is COc1ccc(Cn2nnnc2Br)cc1C(C)C. The topological polar surface area (TPSA) is 52.8 Å². The van der Waals surface area contributed by atoms with Crippen LogP contribution in [0.15, 0.2) is 22.9 Å². The number of rotatable bonds is 4. The average molecular weight is 311 g/mol. The van der Waals surface area contributed by atoms with E-state index in [4.69, 9.17) is 4.74 Å². The summed E-state index contributed by atoms with van der Waals surface area (Å²) >= 11 is 3.30. The zero-order valence-corrected chi connectivity index (χ0v) is 12.2. The third-order valence-corrected chi connectivity index (χ3v) is 3.30. The quantitative estimate of drug-likeness (QED) is 0.871. The number of ether oxygens (including phenoxy) is 1. The summed E-state index contributed by atoms with van der Waals surface area (Å²) in [7, 11) is 1.69. The monoisotopic (exact) mass is 310 g/mol. The molecule has 5 nitrogen and oxygen atoms in total. The number of benzene rings is 1. The Morgan fingerprint density at radius 1 is 1.39 bits per heavy atom. The molecule has 0 bridgehead atoms. The van der Waals surface area contributed by atoms with Crippen LogP contribution in [0.4, 0.5) is 0 Å². The highest BCUT2D eigenvalue weighted by atomic mass is 79.9. The molecule has 1 aromatic heterocycles. The van der Waals surface area contributed by atoms with E-state index in [-0.39, 0.29) is 0 Å². The number of hydrogen-bond acceptors (Lipinski definition) is 4. The second-order valence-electron chi connectivity index (χ2n) is 4.34. The van der Waals surface area contributed by atoms with Crippen molar-refractivity contribution in [3.05, 3.63) is 34.1 Å². The number of hydrogen-bond donors (Lipinski definition) is 0. The minimum atomic E-state index is 0.414. The molecule has 0 aliphatic heterocycles. The first kappa shape index (κ1) is 13.0. The van der Waals surface area contributed by atoms with Crippen LogP contribution in [0.2, 0.25) is 0 Å². The largest absolute Gasteiger partial charge is 0.496 e. The van der Waals surface area contributed by atoms with E-state index in [1.165, 1.54) is 5.56 Å². The number of aromatic nitrogens is 4. The van der Waals surface area contributed by atoms with Gasteiger partial charge in [-0.2, -0.15) is 0 Å². The van der Waals surface area contributed by atoms with Gasteiger partial charge < -0.3 is 4.74 Å². The molecule has 96 valence electrons. The number of methoxy groups -OCH3 is 1. The fraction of sp³-hybridized carbons (Fsp3) is 0.417. The van der Waals surface area contributed by atoms with Crippen molar-refractivity contribution < 1.29 is 4.74 Å². The van der Waals surface area contributed by atoms with E-state index >= 15 is 0 Å². The first-order valence-corrected chi connectivity index (χ1v) is 6.49. The van der Waals surface area contributed by atoms with E-state index in [1.807, 2.05) is 12.1 Å². The van der Waals surface area contributed by atoms with Crippen LogP contribution in [0.25, 0.3) is 0 Å². The van der Waals surface area contributed by atoms with Crippen molar-refractivity contribution in [3.63, 3.8) is 0 Å². The van der Waals surface area contributed by atoms with E-state index in [2.05, 4.69) is 51.4 Å². The van der Waals surface area contributed by atoms with Crippen LogP contribution in [0, 0.1) is 0 Å². The van der Waals surface area contributed by atoms with E-state index in [1.54, 1.807) is 11.8 Å². The number of tetrazole rings is 1. The summed E-state index contributed by atoms with van der Waals surface area (Å²) in [5.41, 5.74) is 2.34. The molecule has 0 spiro atoms.